The van der Waals surface area contributed by atoms with E-state index in [1.807, 2.05) is 29.3 Å². The van der Waals surface area contributed by atoms with Gasteiger partial charge in [-0.15, -0.1) is 0 Å². The molecule has 1 saturated heterocycles. The maximum atomic E-state index is 12.6. The number of rotatable bonds is 6. The van der Waals surface area contributed by atoms with Crippen molar-refractivity contribution in [3.63, 3.8) is 0 Å². The number of hydrogen-bond donors (Lipinski definition) is 1. The van der Waals surface area contributed by atoms with Crippen LogP contribution in [0.5, 0.6) is 5.75 Å². The molecule has 0 aliphatic carbocycles. The molecule has 0 bridgehead atoms. The van der Waals surface area contributed by atoms with Gasteiger partial charge in [-0.1, -0.05) is 32.9 Å². The van der Waals surface area contributed by atoms with Crippen molar-refractivity contribution in [3.05, 3.63) is 59.9 Å². The highest BCUT2D eigenvalue weighted by atomic mass is 16.5. The first-order valence-electron chi connectivity index (χ1n) is 11.3. The normalized spacial score (nSPS) is 15.4. The molecule has 0 unspecified atom stereocenters. The molecule has 0 spiro atoms. The molecule has 1 fully saturated rings. The summed E-state index contributed by atoms with van der Waals surface area (Å²) in [5.41, 5.74) is 4.88. The fourth-order valence-corrected chi connectivity index (χ4v) is 4.35. The first-order valence-corrected chi connectivity index (χ1v) is 11.3. The predicted octanol–water partition coefficient (Wildman–Crippen LogP) is 5.43. The van der Waals surface area contributed by atoms with E-state index in [9.17, 15) is 4.79 Å². The summed E-state index contributed by atoms with van der Waals surface area (Å²) < 4.78 is 5.84. The molecule has 5 nitrogen and oxygen atoms in total. The molecule has 1 N–H and O–H groups in total. The first-order chi connectivity index (χ1) is 14.9. The smallest absolute Gasteiger partial charge is 0.222 e. The molecule has 0 radical (unpaired) electrons. The van der Waals surface area contributed by atoms with E-state index >= 15 is 0 Å². The number of piperidine rings is 1. The van der Waals surface area contributed by atoms with Crippen molar-refractivity contribution in [2.24, 2.45) is 0 Å². The summed E-state index contributed by atoms with van der Waals surface area (Å²) in [5.74, 6) is 1.57. The number of carbonyl (C=O) groups is 1. The fraction of sp³-hybridized carbons (Fsp3) is 0.462. The van der Waals surface area contributed by atoms with Gasteiger partial charge < -0.3 is 14.6 Å². The SMILES string of the molecule is CC(C)(C)c1ccc(OCCCC(=O)N2CCC(c3c[nH]c4cccnc34)CC2)cc1. The minimum Gasteiger partial charge on any atom is -0.494 e. The van der Waals surface area contributed by atoms with Gasteiger partial charge >= 0.3 is 0 Å². The van der Waals surface area contributed by atoms with Crippen molar-refractivity contribution in [1.29, 1.82) is 0 Å². The molecule has 3 aromatic rings. The molecular formula is C26H33N3O2. The van der Waals surface area contributed by atoms with Crippen LogP contribution in [0.4, 0.5) is 0 Å². The van der Waals surface area contributed by atoms with Crippen molar-refractivity contribution >= 4 is 16.9 Å². The highest BCUT2D eigenvalue weighted by Gasteiger charge is 2.25. The Labute approximate surface area is 184 Å². The molecule has 2 aromatic heterocycles. The van der Waals surface area contributed by atoms with Crippen LogP contribution >= 0.6 is 0 Å². The van der Waals surface area contributed by atoms with Crippen LogP contribution in [0.3, 0.4) is 0 Å². The van der Waals surface area contributed by atoms with Crippen LogP contribution in [0, 0.1) is 0 Å². The lowest BCUT2D eigenvalue weighted by molar-refractivity contribution is -0.132. The van der Waals surface area contributed by atoms with Gasteiger partial charge in [-0.3, -0.25) is 9.78 Å². The van der Waals surface area contributed by atoms with E-state index in [0.717, 1.165) is 49.1 Å². The van der Waals surface area contributed by atoms with Crippen LogP contribution in [0.15, 0.2) is 48.8 Å². The summed E-state index contributed by atoms with van der Waals surface area (Å²) in [5, 5.41) is 0. The van der Waals surface area contributed by atoms with Gasteiger partial charge in [0.15, 0.2) is 0 Å². The van der Waals surface area contributed by atoms with Gasteiger partial charge in [-0.05, 0) is 66.0 Å². The zero-order valence-corrected chi connectivity index (χ0v) is 18.9. The van der Waals surface area contributed by atoms with Gasteiger partial charge in [-0.25, -0.2) is 0 Å². The fourth-order valence-electron chi connectivity index (χ4n) is 4.35. The summed E-state index contributed by atoms with van der Waals surface area (Å²) in [7, 11) is 0. The molecule has 1 aliphatic rings. The lowest BCUT2D eigenvalue weighted by atomic mass is 9.87. The first kappa shape index (κ1) is 21.4. The molecule has 3 heterocycles. The standard InChI is InChI=1S/C26H33N3O2/c1-26(2,3)20-8-10-21(11-9-20)31-17-5-7-24(30)29-15-12-19(13-16-29)22-18-28-23-6-4-14-27-25(22)23/h4,6,8-11,14,18-19,28H,5,7,12-13,15-17H2,1-3H3. The lowest BCUT2D eigenvalue weighted by Crippen LogP contribution is -2.37. The molecule has 0 saturated carbocycles. The number of nitrogens with zero attached hydrogens (tertiary/aromatic N) is 2. The molecule has 1 aromatic carbocycles. The summed E-state index contributed by atoms with van der Waals surface area (Å²) in [4.78, 5) is 22.5. The van der Waals surface area contributed by atoms with Gasteiger partial charge in [0, 0.05) is 31.9 Å². The largest absolute Gasteiger partial charge is 0.494 e. The number of aromatic amines is 1. The Bertz CT molecular complexity index is 1010. The highest BCUT2D eigenvalue weighted by Crippen LogP contribution is 2.32. The predicted molar refractivity (Wildman–Crippen MR) is 125 cm³/mol. The molecule has 164 valence electrons. The Morgan fingerprint density at radius 1 is 1.16 bits per heavy atom. The Morgan fingerprint density at radius 2 is 1.90 bits per heavy atom. The van der Waals surface area contributed by atoms with Gasteiger partial charge in [-0.2, -0.15) is 0 Å². The molecular weight excluding hydrogens is 386 g/mol. The van der Waals surface area contributed by atoms with Gasteiger partial charge in [0.1, 0.15) is 5.75 Å². The number of likely N-dealkylation sites (tertiary alicyclic amines) is 1. The quantitative estimate of drug-likeness (QED) is 0.542. The average molecular weight is 420 g/mol. The maximum Gasteiger partial charge on any atom is 0.222 e. The lowest BCUT2D eigenvalue weighted by Gasteiger charge is -2.32. The second kappa shape index (κ2) is 9.13. The average Bonchev–Trinajstić information content (AvgIpc) is 3.20. The molecule has 5 heteroatoms. The zero-order valence-electron chi connectivity index (χ0n) is 18.9. The summed E-state index contributed by atoms with van der Waals surface area (Å²) in [6, 6.07) is 12.3. The van der Waals surface area contributed by atoms with Crippen LogP contribution in [-0.2, 0) is 10.2 Å². The van der Waals surface area contributed by atoms with Crippen molar-refractivity contribution in [3.8, 4) is 5.75 Å². The van der Waals surface area contributed by atoms with Crippen LogP contribution in [0.25, 0.3) is 11.0 Å². The van der Waals surface area contributed by atoms with E-state index in [1.54, 1.807) is 0 Å². The number of ether oxygens (including phenoxy) is 1. The van der Waals surface area contributed by atoms with Crippen molar-refractivity contribution in [2.75, 3.05) is 19.7 Å². The van der Waals surface area contributed by atoms with Crippen LogP contribution in [-0.4, -0.2) is 40.5 Å². The second-order valence-electron chi connectivity index (χ2n) is 9.53. The number of aromatic nitrogens is 2. The number of fused-ring (bicyclic) bond motifs is 1. The van der Waals surface area contributed by atoms with Crippen LogP contribution in [0.1, 0.15) is 63.5 Å². The maximum absolute atomic E-state index is 12.6. The van der Waals surface area contributed by atoms with Crippen LogP contribution < -0.4 is 4.74 Å². The Hall–Kier alpha value is -2.82. The Kier molecular flexibility index (Phi) is 6.30. The number of benzene rings is 1. The number of hydrogen-bond acceptors (Lipinski definition) is 3. The molecule has 1 aliphatic heterocycles. The summed E-state index contributed by atoms with van der Waals surface area (Å²) >= 11 is 0. The van der Waals surface area contributed by atoms with E-state index in [2.05, 4.69) is 55.1 Å². The number of pyridine rings is 1. The molecule has 1 amide bonds. The van der Waals surface area contributed by atoms with E-state index < -0.39 is 0 Å². The third-order valence-electron chi connectivity index (χ3n) is 6.28. The minimum absolute atomic E-state index is 0.142. The highest BCUT2D eigenvalue weighted by molar-refractivity contribution is 5.79. The van der Waals surface area contributed by atoms with Crippen molar-refractivity contribution < 1.29 is 9.53 Å². The van der Waals surface area contributed by atoms with E-state index in [1.165, 1.54) is 11.1 Å². The third-order valence-corrected chi connectivity index (χ3v) is 6.28. The molecule has 4 rings (SSSR count). The third kappa shape index (κ3) is 5.09. The van der Waals surface area contributed by atoms with Crippen LogP contribution in [0.2, 0.25) is 0 Å². The van der Waals surface area contributed by atoms with Gasteiger partial charge in [0.25, 0.3) is 0 Å². The van der Waals surface area contributed by atoms with Crippen molar-refractivity contribution in [2.45, 2.75) is 57.8 Å². The minimum atomic E-state index is 0.142. The summed E-state index contributed by atoms with van der Waals surface area (Å²) in [6.45, 7) is 8.81. The topological polar surface area (TPSA) is 58.2 Å². The van der Waals surface area contributed by atoms with Gasteiger partial charge in [0.2, 0.25) is 5.91 Å². The monoisotopic (exact) mass is 419 g/mol. The Balaban J connectivity index is 1.20. The molecule has 31 heavy (non-hydrogen) atoms. The Morgan fingerprint density at radius 3 is 2.61 bits per heavy atom. The number of carbonyl (C=O) groups excluding carboxylic acids is 1. The van der Waals surface area contributed by atoms with Gasteiger partial charge in [0.05, 0.1) is 17.6 Å². The second-order valence-corrected chi connectivity index (χ2v) is 9.53. The molecule has 0 atom stereocenters. The zero-order chi connectivity index (χ0) is 21.8. The van der Waals surface area contributed by atoms with E-state index in [4.69, 9.17) is 4.74 Å². The number of H-pyrrole nitrogens is 1. The summed E-state index contributed by atoms with van der Waals surface area (Å²) in [6.07, 6.45) is 7.20. The van der Waals surface area contributed by atoms with E-state index in [-0.39, 0.29) is 11.3 Å². The number of nitrogens with one attached hydrogen (secondary N) is 1. The number of amides is 1. The van der Waals surface area contributed by atoms with Crippen molar-refractivity contribution in [1.82, 2.24) is 14.9 Å². The van der Waals surface area contributed by atoms with E-state index in [0.29, 0.717) is 18.9 Å².